The summed E-state index contributed by atoms with van der Waals surface area (Å²) >= 11 is 0. The second-order valence-electron chi connectivity index (χ2n) is 10.2. The van der Waals surface area contributed by atoms with Crippen LogP contribution in [0.5, 0.6) is 0 Å². The Morgan fingerprint density at radius 1 is 1.36 bits per heavy atom. The fraction of sp³-hybridized carbons (Fsp3) is 0.667. The van der Waals surface area contributed by atoms with Crippen molar-refractivity contribution in [1.82, 2.24) is 5.32 Å². The molecule has 2 heterocycles. The zero-order chi connectivity index (χ0) is 24.2. The van der Waals surface area contributed by atoms with Gasteiger partial charge < -0.3 is 24.6 Å². The van der Waals surface area contributed by atoms with Crippen LogP contribution >= 0.6 is 0 Å². The highest BCUT2D eigenvalue weighted by Crippen LogP contribution is 2.50. The van der Waals surface area contributed by atoms with Crippen molar-refractivity contribution in [3.05, 3.63) is 46.6 Å². The largest absolute Gasteiger partial charge is 0.493 e. The molecule has 6 heteroatoms. The zero-order valence-corrected chi connectivity index (χ0v) is 21.1. The zero-order valence-electron chi connectivity index (χ0n) is 21.1. The fourth-order valence-electron chi connectivity index (χ4n) is 5.26. The quantitative estimate of drug-likeness (QED) is 0.592. The van der Waals surface area contributed by atoms with Crippen molar-refractivity contribution in [2.45, 2.75) is 78.9 Å². The fourth-order valence-corrected chi connectivity index (χ4v) is 5.26. The molecule has 0 amide bonds. The van der Waals surface area contributed by atoms with Crippen molar-refractivity contribution < 1.29 is 24.1 Å². The third-order valence-corrected chi connectivity index (χ3v) is 7.51. The minimum Gasteiger partial charge on any atom is -0.493 e. The van der Waals surface area contributed by atoms with Gasteiger partial charge in [-0.1, -0.05) is 19.9 Å². The molecule has 0 aromatic carbocycles. The number of ether oxygens (including phenoxy) is 3. The molecule has 0 spiro atoms. The van der Waals surface area contributed by atoms with Crippen LogP contribution in [0.3, 0.4) is 0 Å². The second kappa shape index (κ2) is 10.8. The Hall–Kier alpha value is -2.21. The summed E-state index contributed by atoms with van der Waals surface area (Å²) in [6, 6.07) is -0.0815. The van der Waals surface area contributed by atoms with Gasteiger partial charge in [-0.05, 0) is 87.3 Å². The predicted molar refractivity (Wildman–Crippen MR) is 129 cm³/mol. The third-order valence-electron chi connectivity index (χ3n) is 7.51. The Labute approximate surface area is 198 Å². The van der Waals surface area contributed by atoms with Crippen LogP contribution in [0.1, 0.15) is 66.7 Å². The third kappa shape index (κ3) is 5.84. The van der Waals surface area contributed by atoms with E-state index in [1.807, 2.05) is 19.9 Å². The summed E-state index contributed by atoms with van der Waals surface area (Å²) in [6.07, 6.45) is 9.64. The normalized spacial score (nSPS) is 37.2. The molecule has 2 fully saturated rings. The molecule has 184 valence electrons. The number of rotatable bonds is 3. The lowest BCUT2D eigenvalue weighted by molar-refractivity contribution is -0.139. The monoisotopic (exact) mass is 459 g/mol. The summed E-state index contributed by atoms with van der Waals surface area (Å²) in [5, 5.41) is 14.5. The Kier molecular flexibility index (Phi) is 8.33. The van der Waals surface area contributed by atoms with Crippen LogP contribution in [0, 0.1) is 17.3 Å². The number of aliphatic hydroxyl groups is 1. The highest BCUT2D eigenvalue weighted by atomic mass is 16.5. The Bertz CT molecular complexity index is 851. The number of carbonyl (C=O) groups is 1. The second-order valence-corrected chi connectivity index (χ2v) is 10.2. The number of fused-ring (bicyclic) bond motifs is 2. The first-order chi connectivity index (χ1) is 15.7. The standard InChI is InChI=1S/C27H41NO5/c1-7-32-26(30)21-16-28-18(3)17(2)13-24(31-6)25-20(9-8-12-33-25)14-19-10-11-27(4,5)22(19)15-23(21)29/h13-14,16,18-19,22-23,28-29H,7-12,15H2,1-6H3/b17-13+,20-14+,21-16+,25-24-. The van der Waals surface area contributed by atoms with Crippen LogP contribution in [-0.2, 0) is 19.0 Å². The van der Waals surface area contributed by atoms with Gasteiger partial charge in [-0.15, -0.1) is 0 Å². The number of carbonyl (C=O) groups excluding carboxylic acids is 1. The maximum absolute atomic E-state index is 12.7. The van der Waals surface area contributed by atoms with Gasteiger partial charge in [0.1, 0.15) is 0 Å². The highest BCUT2D eigenvalue weighted by Gasteiger charge is 2.43. The van der Waals surface area contributed by atoms with Gasteiger partial charge in [0.25, 0.3) is 0 Å². The van der Waals surface area contributed by atoms with Gasteiger partial charge in [0, 0.05) is 12.2 Å². The molecule has 4 unspecified atom stereocenters. The van der Waals surface area contributed by atoms with Crippen molar-refractivity contribution >= 4 is 5.97 Å². The Morgan fingerprint density at radius 2 is 2.12 bits per heavy atom. The van der Waals surface area contributed by atoms with Crippen LogP contribution in [-0.4, -0.2) is 43.5 Å². The molecule has 3 aliphatic rings. The summed E-state index contributed by atoms with van der Waals surface area (Å²) in [4.78, 5) is 12.7. The Balaban J connectivity index is 2.12. The maximum Gasteiger partial charge on any atom is 0.338 e. The summed E-state index contributed by atoms with van der Waals surface area (Å²) in [5.41, 5.74) is 2.55. The lowest BCUT2D eigenvalue weighted by atomic mass is 9.74. The van der Waals surface area contributed by atoms with E-state index in [4.69, 9.17) is 14.2 Å². The molecular weight excluding hydrogens is 418 g/mol. The molecule has 0 aromatic rings. The smallest absolute Gasteiger partial charge is 0.338 e. The van der Waals surface area contributed by atoms with E-state index in [0.29, 0.717) is 18.9 Å². The molecule has 1 saturated carbocycles. The first-order valence-electron chi connectivity index (χ1n) is 12.3. The first-order valence-corrected chi connectivity index (χ1v) is 12.3. The molecule has 3 rings (SSSR count). The van der Waals surface area contributed by atoms with E-state index < -0.39 is 12.1 Å². The number of hydrogen-bond donors (Lipinski definition) is 2. The minimum atomic E-state index is -0.897. The van der Waals surface area contributed by atoms with Crippen LogP contribution in [0.25, 0.3) is 0 Å². The van der Waals surface area contributed by atoms with Crippen molar-refractivity contribution in [2.75, 3.05) is 20.3 Å². The lowest BCUT2D eigenvalue weighted by Gasteiger charge is -2.33. The topological polar surface area (TPSA) is 77.0 Å². The summed E-state index contributed by atoms with van der Waals surface area (Å²) in [5.74, 6) is 1.61. The molecule has 0 aromatic heterocycles. The van der Waals surface area contributed by atoms with Gasteiger partial charge in [-0.2, -0.15) is 0 Å². The van der Waals surface area contributed by atoms with Crippen molar-refractivity contribution in [3.8, 4) is 0 Å². The molecular formula is C27H41NO5. The van der Waals surface area contributed by atoms with E-state index in [-0.39, 0.29) is 29.6 Å². The average molecular weight is 460 g/mol. The van der Waals surface area contributed by atoms with E-state index in [0.717, 1.165) is 42.8 Å². The van der Waals surface area contributed by atoms with E-state index in [1.165, 1.54) is 5.57 Å². The van der Waals surface area contributed by atoms with Crippen LogP contribution in [0.15, 0.2) is 46.6 Å². The summed E-state index contributed by atoms with van der Waals surface area (Å²) in [7, 11) is 1.68. The molecule has 4 atom stereocenters. The number of esters is 1. The maximum atomic E-state index is 12.7. The van der Waals surface area contributed by atoms with Crippen molar-refractivity contribution in [2.24, 2.45) is 17.3 Å². The van der Waals surface area contributed by atoms with E-state index >= 15 is 0 Å². The molecule has 33 heavy (non-hydrogen) atoms. The van der Waals surface area contributed by atoms with Crippen LogP contribution < -0.4 is 5.32 Å². The SMILES string of the molecule is CCOC(=O)/C1=C/NC(C)/C(C)=C/C(OC)=C2/OCCC/C2=C\C2CCC(C)(C)C2CC1O. The highest BCUT2D eigenvalue weighted by molar-refractivity contribution is 5.89. The number of aliphatic hydroxyl groups excluding tert-OH is 1. The van der Waals surface area contributed by atoms with Gasteiger partial charge in [0.2, 0.25) is 0 Å². The molecule has 0 bridgehead atoms. The van der Waals surface area contributed by atoms with Gasteiger partial charge >= 0.3 is 5.97 Å². The number of hydrogen-bond acceptors (Lipinski definition) is 6. The molecule has 2 aliphatic heterocycles. The number of methoxy groups -OCH3 is 1. The first kappa shape index (κ1) is 25.4. The van der Waals surface area contributed by atoms with Crippen molar-refractivity contribution in [1.29, 1.82) is 0 Å². The van der Waals surface area contributed by atoms with Crippen molar-refractivity contribution in [3.63, 3.8) is 0 Å². The number of allylic oxidation sites excluding steroid dienone is 3. The Morgan fingerprint density at radius 3 is 2.82 bits per heavy atom. The van der Waals surface area contributed by atoms with Crippen LogP contribution in [0.4, 0.5) is 0 Å². The van der Waals surface area contributed by atoms with E-state index in [2.05, 4.69) is 25.2 Å². The predicted octanol–water partition coefficient (Wildman–Crippen LogP) is 4.77. The van der Waals surface area contributed by atoms with Gasteiger partial charge in [-0.3, -0.25) is 0 Å². The van der Waals surface area contributed by atoms with Gasteiger partial charge in [-0.25, -0.2) is 4.79 Å². The average Bonchev–Trinajstić information content (AvgIpc) is 3.05. The number of nitrogens with one attached hydrogen (secondary N) is 1. The van der Waals surface area contributed by atoms with E-state index in [1.54, 1.807) is 20.2 Å². The van der Waals surface area contributed by atoms with E-state index in [9.17, 15) is 9.90 Å². The van der Waals surface area contributed by atoms with Gasteiger partial charge in [0.15, 0.2) is 11.5 Å². The summed E-state index contributed by atoms with van der Waals surface area (Å²) < 4.78 is 17.2. The van der Waals surface area contributed by atoms with Gasteiger partial charge in [0.05, 0.1) is 32.0 Å². The summed E-state index contributed by atoms with van der Waals surface area (Å²) in [6.45, 7) is 11.3. The van der Waals surface area contributed by atoms with Crippen LogP contribution in [0.2, 0.25) is 0 Å². The lowest BCUT2D eigenvalue weighted by Crippen LogP contribution is -2.32. The molecule has 0 radical (unpaired) electrons. The minimum absolute atomic E-state index is 0.0558. The molecule has 2 N–H and O–H groups in total. The molecule has 1 saturated heterocycles. The molecule has 1 aliphatic carbocycles. The molecule has 6 nitrogen and oxygen atoms in total.